The highest BCUT2D eigenvalue weighted by Gasteiger charge is 2.17. The molecule has 1 atom stereocenters. The summed E-state index contributed by atoms with van der Waals surface area (Å²) in [6.07, 6.45) is -2.59. The number of nitrogens with two attached hydrogens (primary N) is 1. The SMILES string of the molecule is C[C@H](N)c1cccc(C(F)F)c1CC#N. The molecule has 0 unspecified atom stereocenters. The van der Waals surface area contributed by atoms with E-state index >= 15 is 0 Å². The van der Waals surface area contributed by atoms with E-state index in [0.29, 0.717) is 11.1 Å². The first kappa shape index (κ1) is 11.6. The Morgan fingerprint density at radius 3 is 2.47 bits per heavy atom. The number of halogens is 2. The molecule has 4 heteroatoms. The number of alkyl halides is 2. The molecule has 2 nitrogen and oxygen atoms in total. The fourth-order valence-corrected chi connectivity index (χ4v) is 1.54. The van der Waals surface area contributed by atoms with Gasteiger partial charge in [0.15, 0.2) is 0 Å². The minimum Gasteiger partial charge on any atom is -0.324 e. The largest absolute Gasteiger partial charge is 0.324 e. The molecule has 0 saturated heterocycles. The van der Waals surface area contributed by atoms with Crippen LogP contribution in [0.15, 0.2) is 18.2 Å². The molecular weight excluding hydrogens is 198 g/mol. The number of hydrogen-bond donors (Lipinski definition) is 1. The van der Waals surface area contributed by atoms with Gasteiger partial charge in [-0.2, -0.15) is 5.26 Å². The third kappa shape index (κ3) is 2.51. The maximum Gasteiger partial charge on any atom is 0.264 e. The number of nitriles is 1. The van der Waals surface area contributed by atoms with Gasteiger partial charge in [-0.05, 0) is 18.1 Å². The molecule has 0 aromatic heterocycles. The smallest absolute Gasteiger partial charge is 0.264 e. The molecule has 0 aliphatic heterocycles. The van der Waals surface area contributed by atoms with Gasteiger partial charge in [0, 0.05) is 11.6 Å². The summed E-state index contributed by atoms with van der Waals surface area (Å²) in [6.45, 7) is 1.71. The molecule has 0 aliphatic rings. The van der Waals surface area contributed by atoms with Crippen molar-refractivity contribution < 1.29 is 8.78 Å². The first-order valence-electron chi connectivity index (χ1n) is 4.60. The minimum atomic E-state index is -2.56. The van der Waals surface area contributed by atoms with Crippen LogP contribution in [0.2, 0.25) is 0 Å². The molecule has 1 aromatic rings. The molecular formula is C11H12F2N2. The predicted molar refractivity (Wildman–Crippen MR) is 53.3 cm³/mol. The Labute approximate surface area is 87.3 Å². The number of nitrogens with zero attached hydrogens (tertiary/aromatic N) is 1. The zero-order valence-electron chi connectivity index (χ0n) is 8.37. The summed E-state index contributed by atoms with van der Waals surface area (Å²) in [5.41, 5.74) is 6.55. The van der Waals surface area contributed by atoms with Crippen LogP contribution in [0.4, 0.5) is 8.78 Å². The van der Waals surface area contributed by atoms with Gasteiger partial charge >= 0.3 is 0 Å². The van der Waals surface area contributed by atoms with Crippen LogP contribution < -0.4 is 5.73 Å². The van der Waals surface area contributed by atoms with Crippen LogP contribution in [-0.2, 0) is 6.42 Å². The van der Waals surface area contributed by atoms with Crippen molar-refractivity contribution in [1.29, 1.82) is 5.26 Å². The quantitative estimate of drug-likeness (QED) is 0.833. The minimum absolute atomic E-state index is 0.0304. The molecule has 0 amide bonds. The van der Waals surface area contributed by atoms with E-state index in [9.17, 15) is 8.78 Å². The average Bonchev–Trinajstić information content (AvgIpc) is 2.17. The van der Waals surface area contributed by atoms with E-state index in [0.717, 1.165) is 0 Å². The van der Waals surface area contributed by atoms with Crippen molar-refractivity contribution in [2.45, 2.75) is 25.8 Å². The monoisotopic (exact) mass is 210 g/mol. The van der Waals surface area contributed by atoms with Crippen LogP contribution in [-0.4, -0.2) is 0 Å². The highest BCUT2D eigenvalue weighted by molar-refractivity contribution is 5.39. The lowest BCUT2D eigenvalue weighted by Crippen LogP contribution is -2.10. The van der Waals surface area contributed by atoms with Gasteiger partial charge in [0.2, 0.25) is 0 Å². The summed E-state index contributed by atoms with van der Waals surface area (Å²) in [5, 5.41) is 8.60. The molecule has 15 heavy (non-hydrogen) atoms. The van der Waals surface area contributed by atoms with Gasteiger partial charge in [-0.1, -0.05) is 18.2 Å². The van der Waals surface area contributed by atoms with Crippen LogP contribution in [0.1, 0.15) is 36.1 Å². The third-order valence-corrected chi connectivity index (χ3v) is 2.23. The van der Waals surface area contributed by atoms with Crippen molar-refractivity contribution >= 4 is 0 Å². The van der Waals surface area contributed by atoms with Gasteiger partial charge < -0.3 is 5.73 Å². The maximum absolute atomic E-state index is 12.6. The molecule has 0 radical (unpaired) electrons. The van der Waals surface area contributed by atoms with E-state index in [1.165, 1.54) is 6.07 Å². The summed E-state index contributed by atoms with van der Waals surface area (Å²) in [5.74, 6) is 0. The van der Waals surface area contributed by atoms with E-state index < -0.39 is 6.43 Å². The first-order valence-corrected chi connectivity index (χ1v) is 4.60. The number of benzene rings is 1. The van der Waals surface area contributed by atoms with E-state index in [1.54, 1.807) is 19.1 Å². The van der Waals surface area contributed by atoms with Gasteiger partial charge in [-0.25, -0.2) is 8.78 Å². The summed E-state index contributed by atoms with van der Waals surface area (Å²) < 4.78 is 25.3. The molecule has 0 saturated carbocycles. The number of rotatable bonds is 3. The third-order valence-electron chi connectivity index (χ3n) is 2.23. The first-order chi connectivity index (χ1) is 7.07. The Balaban J connectivity index is 3.29. The summed E-state index contributed by atoms with van der Waals surface area (Å²) in [6, 6.07) is 6.11. The van der Waals surface area contributed by atoms with E-state index in [4.69, 9.17) is 11.0 Å². The molecule has 2 N–H and O–H groups in total. The fraction of sp³-hybridized carbons (Fsp3) is 0.364. The van der Waals surface area contributed by atoms with Crippen molar-refractivity contribution in [1.82, 2.24) is 0 Å². The normalized spacial score (nSPS) is 12.5. The number of hydrogen-bond acceptors (Lipinski definition) is 2. The van der Waals surface area contributed by atoms with Crippen molar-refractivity contribution in [2.75, 3.05) is 0 Å². The van der Waals surface area contributed by atoms with Crippen molar-refractivity contribution in [2.24, 2.45) is 5.73 Å². The molecule has 80 valence electrons. The Morgan fingerprint density at radius 2 is 2.00 bits per heavy atom. The van der Waals surface area contributed by atoms with Crippen LogP contribution in [0, 0.1) is 11.3 Å². The van der Waals surface area contributed by atoms with Gasteiger partial charge in [0.1, 0.15) is 0 Å². The van der Waals surface area contributed by atoms with Crippen LogP contribution >= 0.6 is 0 Å². The highest BCUT2D eigenvalue weighted by atomic mass is 19.3. The lowest BCUT2D eigenvalue weighted by atomic mass is 9.95. The average molecular weight is 210 g/mol. The van der Waals surface area contributed by atoms with Crippen molar-refractivity contribution in [3.63, 3.8) is 0 Å². The zero-order chi connectivity index (χ0) is 11.4. The van der Waals surface area contributed by atoms with Crippen LogP contribution in [0.25, 0.3) is 0 Å². The lowest BCUT2D eigenvalue weighted by molar-refractivity contribution is 0.150. The van der Waals surface area contributed by atoms with Crippen LogP contribution in [0.5, 0.6) is 0 Å². The van der Waals surface area contributed by atoms with Gasteiger partial charge in [-0.3, -0.25) is 0 Å². The second kappa shape index (κ2) is 4.85. The van der Waals surface area contributed by atoms with Crippen LogP contribution in [0.3, 0.4) is 0 Å². The Bertz CT molecular complexity index is 354. The van der Waals surface area contributed by atoms with Crippen molar-refractivity contribution in [3.05, 3.63) is 34.9 Å². The Morgan fingerprint density at radius 1 is 1.40 bits per heavy atom. The van der Waals surface area contributed by atoms with Gasteiger partial charge in [0.25, 0.3) is 6.43 Å². The topological polar surface area (TPSA) is 49.8 Å². The summed E-state index contributed by atoms with van der Waals surface area (Å²) in [7, 11) is 0. The van der Waals surface area contributed by atoms with Crippen molar-refractivity contribution in [3.8, 4) is 6.07 Å². The molecule has 1 aromatic carbocycles. The summed E-state index contributed by atoms with van der Waals surface area (Å²) >= 11 is 0. The second-order valence-corrected chi connectivity index (χ2v) is 3.34. The molecule has 0 aliphatic carbocycles. The van der Waals surface area contributed by atoms with Gasteiger partial charge in [-0.15, -0.1) is 0 Å². The zero-order valence-corrected chi connectivity index (χ0v) is 8.37. The highest BCUT2D eigenvalue weighted by Crippen LogP contribution is 2.28. The Kier molecular flexibility index (Phi) is 3.75. The molecule has 0 bridgehead atoms. The molecule has 1 rings (SSSR count). The molecule has 0 fully saturated rings. The van der Waals surface area contributed by atoms with E-state index in [-0.39, 0.29) is 18.0 Å². The summed E-state index contributed by atoms with van der Waals surface area (Å²) in [4.78, 5) is 0. The molecule has 0 spiro atoms. The van der Waals surface area contributed by atoms with E-state index in [2.05, 4.69) is 0 Å². The Hall–Kier alpha value is -1.47. The lowest BCUT2D eigenvalue weighted by Gasteiger charge is -2.14. The molecule has 0 heterocycles. The van der Waals surface area contributed by atoms with Gasteiger partial charge in [0.05, 0.1) is 12.5 Å². The standard InChI is InChI=1S/C11H12F2N2/c1-7(15)8-3-2-4-10(11(12)13)9(8)5-6-14/h2-4,7,11H,5,15H2,1H3/t7-/m0/s1. The van der Waals surface area contributed by atoms with E-state index in [1.807, 2.05) is 6.07 Å². The predicted octanol–water partition coefficient (Wildman–Crippen LogP) is 2.71. The fourth-order valence-electron chi connectivity index (χ4n) is 1.54. The maximum atomic E-state index is 12.6. The second-order valence-electron chi connectivity index (χ2n) is 3.34.